The minimum Gasteiger partial charge on any atom is -0.478 e. The van der Waals surface area contributed by atoms with Crippen LogP contribution in [0.2, 0.25) is 0 Å². The van der Waals surface area contributed by atoms with Crippen LogP contribution in [-0.4, -0.2) is 17.5 Å². The average Bonchev–Trinajstić information content (AvgIpc) is 2.16. The van der Waals surface area contributed by atoms with Crippen LogP contribution in [-0.2, 0) is 4.74 Å². The Morgan fingerprint density at radius 2 is 1.87 bits per heavy atom. The third-order valence-electron chi connectivity index (χ3n) is 3.48. The molecule has 0 N–H and O–H groups in total. The molecule has 0 aromatic rings. The van der Waals surface area contributed by atoms with Crippen molar-refractivity contribution in [2.24, 2.45) is 10.9 Å². The molecule has 1 unspecified atom stereocenters. The third kappa shape index (κ3) is 2.73. The molecule has 0 radical (unpaired) electrons. The second-order valence-corrected chi connectivity index (χ2v) is 5.73. The molecular weight excluding hydrogens is 186 g/mol. The summed E-state index contributed by atoms with van der Waals surface area (Å²) >= 11 is 0. The van der Waals surface area contributed by atoms with Crippen molar-refractivity contribution < 1.29 is 4.74 Å². The third-order valence-corrected chi connectivity index (χ3v) is 3.48. The summed E-state index contributed by atoms with van der Waals surface area (Å²) in [6, 6.07) is 0. The molecule has 0 aromatic heterocycles. The fourth-order valence-corrected chi connectivity index (χ4v) is 2.86. The van der Waals surface area contributed by atoms with Crippen LogP contribution in [0.5, 0.6) is 0 Å². The van der Waals surface area contributed by atoms with E-state index in [0.717, 1.165) is 12.3 Å². The van der Waals surface area contributed by atoms with Gasteiger partial charge < -0.3 is 4.74 Å². The predicted molar refractivity (Wildman–Crippen MR) is 63.3 cm³/mol. The zero-order valence-electron chi connectivity index (χ0n) is 10.3. The number of hydrogen-bond acceptors (Lipinski definition) is 2. The molecule has 1 atom stereocenters. The molecule has 0 amide bonds. The van der Waals surface area contributed by atoms with Crippen LogP contribution in [0, 0.1) is 5.92 Å². The van der Waals surface area contributed by atoms with E-state index in [1.807, 2.05) is 0 Å². The largest absolute Gasteiger partial charge is 0.478 e. The average molecular weight is 209 g/mol. The zero-order chi connectivity index (χ0) is 10.9. The van der Waals surface area contributed by atoms with Gasteiger partial charge in [-0.25, -0.2) is 4.99 Å². The second-order valence-electron chi connectivity index (χ2n) is 5.73. The lowest BCUT2D eigenvalue weighted by atomic mass is 9.87. The fourth-order valence-electron chi connectivity index (χ4n) is 2.86. The van der Waals surface area contributed by atoms with E-state index in [-0.39, 0.29) is 5.54 Å². The number of aliphatic imine (C=N–C) groups is 1. The van der Waals surface area contributed by atoms with E-state index in [2.05, 4.69) is 20.8 Å². The smallest absolute Gasteiger partial charge is 0.187 e. The van der Waals surface area contributed by atoms with E-state index in [0.29, 0.717) is 12.0 Å². The van der Waals surface area contributed by atoms with Gasteiger partial charge in [0.15, 0.2) is 5.90 Å². The van der Waals surface area contributed by atoms with Crippen molar-refractivity contribution in [3.63, 3.8) is 0 Å². The highest BCUT2D eigenvalue weighted by Crippen LogP contribution is 2.31. The van der Waals surface area contributed by atoms with Gasteiger partial charge in [-0.3, -0.25) is 0 Å². The molecule has 0 bridgehead atoms. The first-order valence-corrected chi connectivity index (χ1v) is 6.33. The first kappa shape index (κ1) is 11.0. The van der Waals surface area contributed by atoms with Crippen molar-refractivity contribution in [3.8, 4) is 0 Å². The van der Waals surface area contributed by atoms with Gasteiger partial charge in [0.1, 0.15) is 0 Å². The van der Waals surface area contributed by atoms with Crippen LogP contribution in [0.25, 0.3) is 0 Å². The van der Waals surface area contributed by atoms with Crippen LogP contribution in [0.3, 0.4) is 0 Å². The molecule has 2 nitrogen and oxygen atoms in total. The van der Waals surface area contributed by atoms with Gasteiger partial charge >= 0.3 is 0 Å². The van der Waals surface area contributed by atoms with Gasteiger partial charge in [-0.05, 0) is 33.6 Å². The summed E-state index contributed by atoms with van der Waals surface area (Å²) in [4.78, 5) is 4.78. The van der Waals surface area contributed by atoms with Gasteiger partial charge in [-0.15, -0.1) is 0 Å². The SMILES string of the molecule is CC1CC(C)(C)N=C(C2CCCCC2)O1. The van der Waals surface area contributed by atoms with Gasteiger partial charge in [0.05, 0.1) is 11.6 Å². The Balaban J connectivity index is 2.09. The molecule has 1 heterocycles. The summed E-state index contributed by atoms with van der Waals surface area (Å²) in [5, 5.41) is 0. The maximum absolute atomic E-state index is 5.91. The Labute approximate surface area is 93.1 Å². The molecule has 2 rings (SSSR count). The molecule has 1 aliphatic heterocycles. The summed E-state index contributed by atoms with van der Waals surface area (Å²) in [5.74, 6) is 1.67. The first-order valence-electron chi connectivity index (χ1n) is 6.33. The molecule has 2 heteroatoms. The molecule has 1 fully saturated rings. The maximum atomic E-state index is 5.91. The van der Waals surface area contributed by atoms with Crippen molar-refractivity contribution in [2.45, 2.75) is 70.9 Å². The highest BCUT2D eigenvalue weighted by molar-refractivity contribution is 5.80. The van der Waals surface area contributed by atoms with Crippen LogP contribution in [0.1, 0.15) is 59.3 Å². The Morgan fingerprint density at radius 3 is 2.47 bits per heavy atom. The molecule has 0 saturated heterocycles. The van der Waals surface area contributed by atoms with Gasteiger partial charge in [-0.1, -0.05) is 19.3 Å². The number of ether oxygens (including phenoxy) is 1. The highest BCUT2D eigenvalue weighted by atomic mass is 16.5. The molecule has 15 heavy (non-hydrogen) atoms. The van der Waals surface area contributed by atoms with Gasteiger partial charge in [0, 0.05) is 12.3 Å². The van der Waals surface area contributed by atoms with Gasteiger partial charge in [0.25, 0.3) is 0 Å². The molecular formula is C13H23NO. The van der Waals surface area contributed by atoms with Gasteiger partial charge in [-0.2, -0.15) is 0 Å². The number of nitrogens with zero attached hydrogens (tertiary/aromatic N) is 1. The van der Waals surface area contributed by atoms with E-state index in [4.69, 9.17) is 9.73 Å². The van der Waals surface area contributed by atoms with Crippen molar-refractivity contribution in [2.75, 3.05) is 0 Å². The molecule has 86 valence electrons. The van der Waals surface area contributed by atoms with Crippen LogP contribution in [0.4, 0.5) is 0 Å². The van der Waals surface area contributed by atoms with E-state index < -0.39 is 0 Å². The second kappa shape index (κ2) is 4.15. The van der Waals surface area contributed by atoms with Crippen LogP contribution in [0.15, 0.2) is 4.99 Å². The van der Waals surface area contributed by atoms with Gasteiger partial charge in [0.2, 0.25) is 0 Å². The Hall–Kier alpha value is -0.530. The molecule has 0 aromatic carbocycles. The highest BCUT2D eigenvalue weighted by Gasteiger charge is 2.32. The monoisotopic (exact) mass is 209 g/mol. The summed E-state index contributed by atoms with van der Waals surface area (Å²) in [7, 11) is 0. The Morgan fingerprint density at radius 1 is 1.20 bits per heavy atom. The summed E-state index contributed by atoms with van der Waals surface area (Å²) < 4.78 is 5.91. The normalized spacial score (nSPS) is 31.9. The Kier molecular flexibility index (Phi) is 3.03. The zero-order valence-corrected chi connectivity index (χ0v) is 10.3. The summed E-state index contributed by atoms with van der Waals surface area (Å²) in [6.07, 6.45) is 8.04. The lowest BCUT2D eigenvalue weighted by Crippen LogP contribution is -2.37. The van der Waals surface area contributed by atoms with E-state index in [1.54, 1.807) is 0 Å². The molecule has 1 saturated carbocycles. The molecule has 2 aliphatic rings. The van der Waals surface area contributed by atoms with E-state index >= 15 is 0 Å². The fraction of sp³-hybridized carbons (Fsp3) is 0.923. The number of hydrogen-bond donors (Lipinski definition) is 0. The predicted octanol–water partition coefficient (Wildman–Crippen LogP) is 3.55. The number of rotatable bonds is 1. The van der Waals surface area contributed by atoms with Crippen LogP contribution >= 0.6 is 0 Å². The summed E-state index contributed by atoms with van der Waals surface area (Å²) in [5.41, 5.74) is 0.0877. The standard InChI is InChI=1S/C13H23NO/c1-10-9-13(2,3)14-12(15-10)11-7-5-4-6-8-11/h10-11H,4-9H2,1-3H3. The van der Waals surface area contributed by atoms with Crippen molar-refractivity contribution in [1.29, 1.82) is 0 Å². The Bertz CT molecular complexity index is 251. The molecule has 1 aliphatic carbocycles. The van der Waals surface area contributed by atoms with E-state index in [1.165, 1.54) is 32.1 Å². The minimum absolute atomic E-state index is 0.0877. The molecule has 0 spiro atoms. The quantitative estimate of drug-likeness (QED) is 0.647. The van der Waals surface area contributed by atoms with Crippen molar-refractivity contribution >= 4 is 5.90 Å². The maximum Gasteiger partial charge on any atom is 0.187 e. The van der Waals surface area contributed by atoms with Crippen LogP contribution < -0.4 is 0 Å². The minimum atomic E-state index is 0.0877. The lowest BCUT2D eigenvalue weighted by molar-refractivity contribution is 0.126. The van der Waals surface area contributed by atoms with Crippen molar-refractivity contribution in [1.82, 2.24) is 0 Å². The summed E-state index contributed by atoms with van der Waals surface area (Å²) in [6.45, 7) is 6.60. The topological polar surface area (TPSA) is 21.6 Å². The van der Waals surface area contributed by atoms with E-state index in [9.17, 15) is 0 Å². The first-order chi connectivity index (χ1) is 7.07. The van der Waals surface area contributed by atoms with Crippen molar-refractivity contribution in [3.05, 3.63) is 0 Å². The lowest BCUT2D eigenvalue weighted by Gasteiger charge is -2.35.